The largest absolute Gasteiger partial charge is 0.254 e. The lowest BCUT2D eigenvalue weighted by atomic mass is 10.2. The van der Waals surface area contributed by atoms with Gasteiger partial charge in [0, 0.05) is 10.9 Å². The highest BCUT2D eigenvalue weighted by Crippen LogP contribution is 2.27. The summed E-state index contributed by atoms with van der Waals surface area (Å²) >= 11 is 1.77. The normalized spacial score (nSPS) is 27.1. The van der Waals surface area contributed by atoms with Gasteiger partial charge < -0.3 is 0 Å². The summed E-state index contributed by atoms with van der Waals surface area (Å²) in [6.07, 6.45) is 2.29. The molecule has 0 bridgehead atoms. The zero-order valence-corrected chi connectivity index (χ0v) is 6.96. The lowest BCUT2D eigenvalue weighted by molar-refractivity contribution is 0.806. The van der Waals surface area contributed by atoms with Gasteiger partial charge in [-0.3, -0.25) is 4.72 Å². The Morgan fingerprint density at radius 2 is 2.33 bits per heavy atom. The Kier molecular flexibility index (Phi) is 2.19. The average molecular weight is 143 g/mol. The van der Waals surface area contributed by atoms with Crippen molar-refractivity contribution in [2.75, 3.05) is 0 Å². The van der Waals surface area contributed by atoms with Crippen molar-refractivity contribution in [1.82, 2.24) is 4.72 Å². The smallest absolute Gasteiger partial charge is 0.0337 e. The predicted molar refractivity (Wildman–Crippen MR) is 43.1 cm³/mol. The molecule has 0 saturated carbocycles. The second-order valence-electron chi connectivity index (χ2n) is 2.73. The first-order chi connectivity index (χ1) is 4.20. The summed E-state index contributed by atoms with van der Waals surface area (Å²) in [6, 6.07) is 0.562. The summed E-state index contributed by atoms with van der Waals surface area (Å²) in [5, 5.41) is 0. The molecular weight excluding hydrogens is 130 g/mol. The minimum Gasteiger partial charge on any atom is -0.254 e. The Labute approximate surface area is 61.0 Å². The van der Waals surface area contributed by atoms with Gasteiger partial charge in [0.25, 0.3) is 0 Å². The van der Waals surface area contributed by atoms with Crippen LogP contribution in [0.25, 0.3) is 0 Å². The minimum atomic E-state index is 0.562. The fraction of sp³-hybridized carbons (Fsp3) is 0.714. The quantitative estimate of drug-likeness (QED) is 0.564. The van der Waals surface area contributed by atoms with Crippen molar-refractivity contribution < 1.29 is 0 Å². The van der Waals surface area contributed by atoms with Crippen LogP contribution < -0.4 is 4.72 Å². The van der Waals surface area contributed by atoms with E-state index in [-0.39, 0.29) is 0 Å². The van der Waals surface area contributed by atoms with Crippen LogP contribution in [0.5, 0.6) is 0 Å². The van der Waals surface area contributed by atoms with Crippen molar-refractivity contribution in [3.8, 4) is 0 Å². The molecule has 0 aliphatic carbocycles. The molecule has 0 aromatic carbocycles. The average Bonchev–Trinajstić information content (AvgIpc) is 2.14. The predicted octanol–water partition coefficient (Wildman–Crippen LogP) is 2.17. The highest BCUT2D eigenvalue weighted by atomic mass is 32.2. The van der Waals surface area contributed by atoms with Crippen LogP contribution in [0.3, 0.4) is 0 Å². The molecule has 0 amide bonds. The van der Waals surface area contributed by atoms with Crippen LogP contribution in [0.1, 0.15) is 20.8 Å². The maximum absolute atomic E-state index is 3.27. The minimum absolute atomic E-state index is 0.562. The summed E-state index contributed by atoms with van der Waals surface area (Å²) in [6.45, 7) is 6.61. The highest BCUT2D eigenvalue weighted by molar-refractivity contribution is 8.01. The van der Waals surface area contributed by atoms with Crippen LogP contribution in [0.4, 0.5) is 0 Å². The van der Waals surface area contributed by atoms with Gasteiger partial charge in [0.05, 0.1) is 0 Å². The monoisotopic (exact) mass is 143 g/mol. The zero-order valence-electron chi connectivity index (χ0n) is 6.14. The first kappa shape index (κ1) is 7.16. The van der Waals surface area contributed by atoms with Gasteiger partial charge in [-0.1, -0.05) is 19.9 Å². The van der Waals surface area contributed by atoms with E-state index in [1.807, 2.05) is 0 Å². The van der Waals surface area contributed by atoms with E-state index in [0.29, 0.717) is 12.0 Å². The van der Waals surface area contributed by atoms with Gasteiger partial charge in [-0.15, -0.1) is 0 Å². The molecule has 1 aliphatic rings. The van der Waals surface area contributed by atoms with Gasteiger partial charge in [-0.05, 0) is 24.8 Å². The van der Waals surface area contributed by atoms with E-state index in [2.05, 4.69) is 31.6 Å². The Morgan fingerprint density at radius 3 is 2.56 bits per heavy atom. The maximum Gasteiger partial charge on any atom is 0.0337 e. The number of hydrogen-bond donors (Lipinski definition) is 1. The third-order valence-corrected chi connectivity index (χ3v) is 2.68. The molecule has 9 heavy (non-hydrogen) atoms. The highest BCUT2D eigenvalue weighted by Gasteiger charge is 2.13. The number of allylic oxidation sites excluding steroid dienone is 1. The Balaban J connectivity index is 2.52. The fourth-order valence-corrected chi connectivity index (χ4v) is 1.68. The first-order valence-corrected chi connectivity index (χ1v) is 4.16. The summed E-state index contributed by atoms with van der Waals surface area (Å²) in [5.41, 5.74) is 0. The number of hydrogen-bond acceptors (Lipinski definition) is 2. The standard InChI is InChI=1S/C7H13NS/c1-5(2)7-4-6(3)8-9-7/h4-6,8H,1-3H3. The van der Waals surface area contributed by atoms with E-state index in [1.54, 1.807) is 11.9 Å². The van der Waals surface area contributed by atoms with Crippen LogP contribution in [-0.4, -0.2) is 6.04 Å². The molecule has 0 radical (unpaired) electrons. The van der Waals surface area contributed by atoms with Gasteiger partial charge in [0.2, 0.25) is 0 Å². The molecule has 52 valence electrons. The van der Waals surface area contributed by atoms with Gasteiger partial charge >= 0.3 is 0 Å². The molecule has 0 spiro atoms. The Hall–Kier alpha value is 0.0500. The Morgan fingerprint density at radius 1 is 1.67 bits per heavy atom. The summed E-state index contributed by atoms with van der Waals surface area (Å²) < 4.78 is 3.27. The van der Waals surface area contributed by atoms with Crippen LogP contribution in [-0.2, 0) is 0 Å². The SMILES string of the molecule is CC1C=C(C(C)C)SN1. The van der Waals surface area contributed by atoms with Gasteiger partial charge in [0.1, 0.15) is 0 Å². The van der Waals surface area contributed by atoms with Crippen molar-refractivity contribution in [2.24, 2.45) is 5.92 Å². The lowest BCUT2D eigenvalue weighted by Crippen LogP contribution is -2.09. The molecule has 1 unspecified atom stereocenters. The molecule has 1 N–H and O–H groups in total. The topological polar surface area (TPSA) is 12.0 Å². The molecule has 0 saturated heterocycles. The lowest BCUT2D eigenvalue weighted by Gasteiger charge is -2.01. The molecule has 2 heteroatoms. The number of nitrogens with one attached hydrogen (secondary N) is 1. The molecule has 0 aromatic heterocycles. The zero-order chi connectivity index (χ0) is 6.85. The Bertz CT molecular complexity index is 129. The van der Waals surface area contributed by atoms with E-state index in [4.69, 9.17) is 0 Å². The summed E-state index contributed by atoms with van der Waals surface area (Å²) in [4.78, 5) is 1.47. The summed E-state index contributed by atoms with van der Waals surface area (Å²) in [5.74, 6) is 0.687. The van der Waals surface area contributed by atoms with E-state index >= 15 is 0 Å². The van der Waals surface area contributed by atoms with Crippen molar-refractivity contribution in [2.45, 2.75) is 26.8 Å². The van der Waals surface area contributed by atoms with Gasteiger partial charge in [0.15, 0.2) is 0 Å². The van der Waals surface area contributed by atoms with Crippen LogP contribution in [0.15, 0.2) is 11.0 Å². The third-order valence-electron chi connectivity index (χ3n) is 1.35. The molecule has 0 aromatic rings. The van der Waals surface area contributed by atoms with Crippen LogP contribution in [0, 0.1) is 5.92 Å². The molecule has 1 heterocycles. The van der Waals surface area contributed by atoms with E-state index in [0.717, 1.165) is 0 Å². The van der Waals surface area contributed by atoms with Gasteiger partial charge in [-0.2, -0.15) is 0 Å². The van der Waals surface area contributed by atoms with Crippen molar-refractivity contribution >= 4 is 11.9 Å². The third kappa shape index (κ3) is 1.73. The molecular formula is C7H13NS. The van der Waals surface area contributed by atoms with Crippen LogP contribution in [0.2, 0.25) is 0 Å². The first-order valence-electron chi connectivity index (χ1n) is 3.34. The maximum atomic E-state index is 3.27. The summed E-state index contributed by atoms with van der Waals surface area (Å²) in [7, 11) is 0. The molecule has 1 atom stereocenters. The molecule has 1 aliphatic heterocycles. The second-order valence-corrected chi connectivity index (χ2v) is 3.64. The van der Waals surface area contributed by atoms with Crippen molar-refractivity contribution in [1.29, 1.82) is 0 Å². The van der Waals surface area contributed by atoms with Crippen LogP contribution >= 0.6 is 11.9 Å². The van der Waals surface area contributed by atoms with E-state index in [1.165, 1.54) is 4.91 Å². The molecule has 0 fully saturated rings. The molecule has 1 rings (SSSR count). The van der Waals surface area contributed by atoms with Gasteiger partial charge in [-0.25, -0.2) is 0 Å². The van der Waals surface area contributed by atoms with E-state index in [9.17, 15) is 0 Å². The second kappa shape index (κ2) is 2.76. The van der Waals surface area contributed by atoms with Crippen molar-refractivity contribution in [3.05, 3.63) is 11.0 Å². The molecule has 1 nitrogen and oxygen atoms in total. The van der Waals surface area contributed by atoms with Crippen molar-refractivity contribution in [3.63, 3.8) is 0 Å². The van der Waals surface area contributed by atoms with E-state index < -0.39 is 0 Å². The fourth-order valence-electron chi connectivity index (χ4n) is 0.786. The number of rotatable bonds is 1.